The second kappa shape index (κ2) is 28.3. The third-order valence-corrected chi connectivity index (χ3v) is 15.5. The molecule has 1 aromatic heterocycles. The molecule has 16 N–H and O–H groups in total. The Morgan fingerprint density at radius 1 is 0.714 bits per heavy atom. The fourth-order valence-electron chi connectivity index (χ4n) is 8.71. The molecule has 1 fully saturated rings. The number of rotatable bonds is 17. The summed E-state index contributed by atoms with van der Waals surface area (Å²) in [7, 11) is 2.03. The summed E-state index contributed by atoms with van der Waals surface area (Å²) in [4.78, 5) is 116. The summed E-state index contributed by atoms with van der Waals surface area (Å²) in [5, 5.41) is 42.1. The van der Waals surface area contributed by atoms with Crippen LogP contribution in [-0.2, 0) is 57.6 Å². The van der Waals surface area contributed by atoms with E-state index in [2.05, 4.69) is 42.2 Å². The zero-order valence-corrected chi connectivity index (χ0v) is 44.7. The van der Waals surface area contributed by atoms with E-state index in [1.54, 1.807) is 32.2 Å². The van der Waals surface area contributed by atoms with Crippen LogP contribution < -0.4 is 54.4 Å². The van der Waals surface area contributed by atoms with Crippen molar-refractivity contribution in [3.8, 4) is 5.75 Å². The first-order valence-corrected chi connectivity index (χ1v) is 27.9. The number of para-hydroxylation sites is 1. The summed E-state index contributed by atoms with van der Waals surface area (Å²) in [6, 6.07) is 15.8. The number of nitrogens with one attached hydrogen (secondary N) is 8. The molecule has 5 aromatic rings. The molecular weight excluding hydrogens is 1030 g/mol. The highest BCUT2D eigenvalue weighted by atomic mass is 33.1. The van der Waals surface area contributed by atoms with Crippen LogP contribution >= 0.6 is 21.6 Å². The number of fused-ring (bicyclic) bond motifs is 2. The van der Waals surface area contributed by atoms with E-state index in [9.17, 15) is 48.6 Å². The molecule has 0 bridgehead atoms. The number of phenolic OH excluding ortho intramolecular Hbond substituents is 1. The number of aromatic amines is 1. The molecule has 0 saturated carbocycles. The summed E-state index contributed by atoms with van der Waals surface area (Å²) in [6.45, 7) is 4.85. The molecule has 2 heterocycles. The number of phenols is 1. The van der Waals surface area contributed by atoms with E-state index in [-0.39, 0.29) is 49.5 Å². The van der Waals surface area contributed by atoms with Gasteiger partial charge in [0.05, 0.1) is 12.1 Å². The number of primary amides is 1. The first kappa shape index (κ1) is 59.1. The van der Waals surface area contributed by atoms with E-state index >= 15 is 0 Å². The fraction of sp³-hybridized carbons (Fsp3) is 0.407. The second-order valence-electron chi connectivity index (χ2n) is 19.4. The molecule has 412 valence electrons. The minimum absolute atomic E-state index is 0.0501. The third-order valence-electron chi connectivity index (χ3n) is 13.1. The number of carbonyl (C=O) groups is 8. The number of aromatic nitrogens is 1. The average molecular weight is 1100 g/mol. The first-order chi connectivity index (χ1) is 36.8. The number of hydrogen-bond donors (Lipinski definition) is 13. The molecule has 6 rings (SSSR count). The van der Waals surface area contributed by atoms with Crippen LogP contribution in [-0.4, -0.2) is 135 Å². The van der Waals surface area contributed by atoms with Gasteiger partial charge in [-0.2, -0.15) is 0 Å². The molecule has 9 atom stereocenters. The molecule has 21 nitrogen and oxygen atoms in total. The Balaban J connectivity index is 1.39. The van der Waals surface area contributed by atoms with Crippen molar-refractivity contribution in [2.75, 3.05) is 18.1 Å². The summed E-state index contributed by atoms with van der Waals surface area (Å²) >= 11 is 0. The van der Waals surface area contributed by atoms with Crippen LogP contribution in [0, 0.1) is 5.92 Å². The van der Waals surface area contributed by atoms with Crippen molar-refractivity contribution < 1.29 is 48.6 Å². The van der Waals surface area contributed by atoms with Gasteiger partial charge in [-0.25, -0.2) is 0 Å². The van der Waals surface area contributed by atoms with Crippen LogP contribution in [0.1, 0.15) is 56.7 Å². The maximum absolute atomic E-state index is 14.9. The van der Waals surface area contributed by atoms with Crippen molar-refractivity contribution in [3.63, 3.8) is 0 Å². The van der Waals surface area contributed by atoms with Crippen molar-refractivity contribution in [2.24, 2.45) is 23.1 Å². The summed E-state index contributed by atoms with van der Waals surface area (Å²) < 4.78 is 0. The van der Waals surface area contributed by atoms with Gasteiger partial charge in [0.25, 0.3) is 0 Å². The van der Waals surface area contributed by atoms with E-state index in [0.717, 1.165) is 48.8 Å². The molecule has 4 aromatic carbocycles. The van der Waals surface area contributed by atoms with Gasteiger partial charge >= 0.3 is 0 Å². The van der Waals surface area contributed by atoms with Crippen molar-refractivity contribution in [1.29, 1.82) is 0 Å². The van der Waals surface area contributed by atoms with E-state index < -0.39 is 108 Å². The number of H-pyrrole nitrogens is 1. The quantitative estimate of drug-likeness (QED) is 0.0453. The molecule has 0 spiro atoms. The summed E-state index contributed by atoms with van der Waals surface area (Å²) in [6.07, 6.45) is 1.05. The lowest BCUT2D eigenvalue weighted by atomic mass is 10.00. The van der Waals surface area contributed by atoms with Gasteiger partial charge < -0.3 is 69.6 Å². The van der Waals surface area contributed by atoms with Gasteiger partial charge in [-0.15, -0.1) is 0 Å². The maximum atomic E-state index is 14.9. The number of nitrogens with two attached hydrogens (primary N) is 3. The van der Waals surface area contributed by atoms with Gasteiger partial charge in [0.1, 0.15) is 48.0 Å². The fourth-order valence-corrected chi connectivity index (χ4v) is 11.0. The number of carbonyl (C=O) groups excluding carboxylic acids is 8. The predicted molar refractivity (Wildman–Crippen MR) is 296 cm³/mol. The predicted octanol–water partition coefficient (Wildman–Crippen LogP) is 0.822. The Kier molecular flexibility index (Phi) is 21.7. The Morgan fingerprint density at radius 3 is 2.03 bits per heavy atom. The molecule has 1 saturated heterocycles. The van der Waals surface area contributed by atoms with E-state index in [4.69, 9.17) is 17.2 Å². The van der Waals surface area contributed by atoms with Crippen LogP contribution in [0.25, 0.3) is 21.7 Å². The molecule has 23 heteroatoms. The standard InChI is InChI=1S/C54H69N11O10S2/c1-29(2)45-54(75)63-44(53(74)65-46(30(3)66)47(57)68)28-77-76-27-43(62-48(69)38(56)23-32-15-18-33-10-4-5-11-34(33)22-32)52(73)60-41(24-31-16-19-36(67)20-17-31)50(71)61-42(25-35-26-58-39-13-7-6-12-37(35)39)51(72)59-40(49(70)64-45)14-8-9-21-55/h4-7,10-13,15-20,22,26,29-30,38,40-46,58,66-67H,8-9,14,21,23-25,27-28,55-56H2,1-3H3,(H2,57,68)(H,59,72)(H,60,73)(H,61,71)(H,62,69)(H,63,75)(H,64,70)(H,65,74)/t30-,38?,40+,41+,42-,43-,44-,45+,46+/m1/s1. The van der Waals surface area contributed by atoms with Crippen molar-refractivity contribution in [3.05, 3.63) is 114 Å². The van der Waals surface area contributed by atoms with E-state index in [1.165, 1.54) is 19.1 Å². The topological polar surface area (TPSA) is 355 Å². The lowest BCUT2D eigenvalue weighted by molar-refractivity contribution is -0.136. The van der Waals surface area contributed by atoms with Crippen molar-refractivity contribution >= 4 is 90.5 Å². The number of hydrogen-bond acceptors (Lipinski definition) is 14. The van der Waals surface area contributed by atoms with Gasteiger partial charge in [-0.05, 0) is 90.7 Å². The zero-order chi connectivity index (χ0) is 55.8. The van der Waals surface area contributed by atoms with E-state index in [0.29, 0.717) is 24.0 Å². The van der Waals surface area contributed by atoms with Gasteiger partial charge in [0.15, 0.2) is 0 Å². The molecule has 0 radical (unpaired) electrons. The van der Waals surface area contributed by atoms with Crippen LogP contribution in [0.2, 0.25) is 0 Å². The minimum Gasteiger partial charge on any atom is -0.508 e. The number of aromatic hydroxyl groups is 1. The monoisotopic (exact) mass is 1100 g/mol. The Bertz CT molecular complexity index is 2890. The van der Waals surface area contributed by atoms with Crippen LogP contribution in [0.5, 0.6) is 5.75 Å². The van der Waals surface area contributed by atoms with Crippen LogP contribution in [0.4, 0.5) is 0 Å². The Labute approximate surface area is 453 Å². The lowest BCUT2D eigenvalue weighted by Gasteiger charge is -2.29. The summed E-state index contributed by atoms with van der Waals surface area (Å²) in [5.41, 5.74) is 20.5. The maximum Gasteiger partial charge on any atom is 0.244 e. The number of aliphatic hydroxyl groups is 1. The molecule has 0 aliphatic carbocycles. The normalized spacial score (nSPS) is 21.6. The Hall–Kier alpha value is -7.18. The third kappa shape index (κ3) is 16.9. The van der Waals surface area contributed by atoms with Crippen LogP contribution in [0.3, 0.4) is 0 Å². The molecular formula is C54H69N11O10S2. The second-order valence-corrected chi connectivity index (χ2v) is 22.0. The lowest BCUT2D eigenvalue weighted by Crippen LogP contribution is -2.62. The highest BCUT2D eigenvalue weighted by molar-refractivity contribution is 8.76. The van der Waals surface area contributed by atoms with Crippen molar-refractivity contribution in [1.82, 2.24) is 42.2 Å². The smallest absolute Gasteiger partial charge is 0.244 e. The van der Waals surface area contributed by atoms with Crippen molar-refractivity contribution in [2.45, 2.75) is 114 Å². The molecule has 1 aliphatic rings. The highest BCUT2D eigenvalue weighted by Crippen LogP contribution is 2.25. The number of aliphatic hydroxyl groups excluding tert-OH is 1. The average Bonchev–Trinajstić information content (AvgIpc) is 3.81. The number of amides is 8. The van der Waals surface area contributed by atoms with Gasteiger partial charge in [0, 0.05) is 41.4 Å². The largest absolute Gasteiger partial charge is 0.508 e. The summed E-state index contributed by atoms with van der Waals surface area (Å²) in [5.74, 6) is -7.66. The molecule has 1 aliphatic heterocycles. The minimum atomic E-state index is -1.55. The van der Waals surface area contributed by atoms with Gasteiger partial charge in [-0.1, -0.05) is 108 Å². The van der Waals surface area contributed by atoms with Gasteiger partial charge in [0.2, 0.25) is 47.3 Å². The molecule has 77 heavy (non-hydrogen) atoms. The zero-order valence-electron chi connectivity index (χ0n) is 43.1. The van der Waals surface area contributed by atoms with E-state index in [1.807, 2.05) is 66.7 Å². The highest BCUT2D eigenvalue weighted by Gasteiger charge is 2.36. The van der Waals surface area contributed by atoms with Gasteiger partial charge in [-0.3, -0.25) is 38.4 Å². The Morgan fingerprint density at radius 2 is 1.34 bits per heavy atom. The number of unbranched alkanes of at least 4 members (excludes halogenated alkanes) is 1. The SMILES string of the molecule is CC(C)[C@@H]1NC(=O)[C@H](CCCCN)NC(=O)[C@@H](Cc2c[nH]c3ccccc23)NC(=O)[C@H](Cc2ccc(O)cc2)NC(=O)[C@H](NC(=O)C(N)Cc2ccc3ccccc3c2)CSSC[C@H](C(=O)N[C@H](C(N)=O)[C@@H](C)O)NC1=O. The van der Waals surface area contributed by atoms with Crippen LogP contribution in [0.15, 0.2) is 97.2 Å². The molecule has 1 unspecified atom stereocenters. The first-order valence-electron chi connectivity index (χ1n) is 25.4. The molecule has 8 amide bonds. The number of benzene rings is 4.